The van der Waals surface area contributed by atoms with E-state index in [4.69, 9.17) is 4.52 Å². The molecule has 2 fully saturated rings. The summed E-state index contributed by atoms with van der Waals surface area (Å²) in [7, 11) is 0. The van der Waals surface area contributed by atoms with Gasteiger partial charge in [-0.05, 0) is 38.0 Å². The summed E-state index contributed by atoms with van der Waals surface area (Å²) in [4.78, 5) is 11.9. The van der Waals surface area contributed by atoms with Gasteiger partial charge in [-0.1, -0.05) is 30.8 Å². The van der Waals surface area contributed by atoms with Gasteiger partial charge < -0.3 is 9.84 Å². The molecule has 2 saturated carbocycles. The Hall–Kier alpha value is -1.52. The minimum atomic E-state index is -0.169. The lowest BCUT2D eigenvalue weighted by atomic mass is 9.69. The highest BCUT2D eigenvalue weighted by molar-refractivity contribution is 5.88. The second-order valence-electron chi connectivity index (χ2n) is 6.24. The van der Waals surface area contributed by atoms with Crippen LogP contribution in [0.1, 0.15) is 50.7 Å². The molecular weight excluding hydrogens is 254 g/mol. The first-order valence-electron chi connectivity index (χ1n) is 7.71. The van der Waals surface area contributed by atoms with Crippen LogP contribution in [-0.4, -0.2) is 17.2 Å². The third kappa shape index (κ3) is 3.14. The highest BCUT2D eigenvalue weighted by Gasteiger charge is 2.32. The zero-order valence-electron chi connectivity index (χ0n) is 12.0. The first kappa shape index (κ1) is 13.5. The fourth-order valence-electron chi connectivity index (χ4n) is 3.77. The number of carbonyl (C=O) groups is 1. The van der Waals surface area contributed by atoms with Crippen molar-refractivity contribution in [2.24, 2.45) is 11.8 Å². The molecule has 0 aromatic carbocycles. The first-order chi connectivity index (χ1) is 9.70. The fraction of sp³-hybridized carbons (Fsp3) is 0.733. The standard InChI is InChI=1S/C15H23N3O2/c1-10-8-14(18-20-10)17-15(19)16-13-7-6-11-4-2-3-5-12(11)9-13/h8,11-13H,2-7,9H2,1H3,(H2,16,17,18,19)/t11-,12-,13+/m0/s1. The Kier molecular flexibility index (Phi) is 3.94. The molecule has 1 aromatic heterocycles. The molecule has 0 spiro atoms. The van der Waals surface area contributed by atoms with Crippen LogP contribution in [0.5, 0.6) is 0 Å². The maximum absolute atomic E-state index is 11.9. The summed E-state index contributed by atoms with van der Waals surface area (Å²) in [6.45, 7) is 1.81. The Morgan fingerprint density at radius 3 is 2.80 bits per heavy atom. The van der Waals surface area contributed by atoms with Crippen LogP contribution >= 0.6 is 0 Å². The van der Waals surface area contributed by atoms with Gasteiger partial charge in [0.1, 0.15) is 5.76 Å². The van der Waals surface area contributed by atoms with Gasteiger partial charge in [-0.25, -0.2) is 4.79 Å². The summed E-state index contributed by atoms with van der Waals surface area (Å²) < 4.78 is 4.93. The van der Waals surface area contributed by atoms with Crippen molar-refractivity contribution < 1.29 is 9.32 Å². The van der Waals surface area contributed by atoms with Gasteiger partial charge in [-0.3, -0.25) is 5.32 Å². The third-order valence-corrected chi connectivity index (χ3v) is 4.74. The number of hydrogen-bond acceptors (Lipinski definition) is 3. The quantitative estimate of drug-likeness (QED) is 0.870. The van der Waals surface area contributed by atoms with Crippen LogP contribution in [-0.2, 0) is 0 Å². The maximum atomic E-state index is 11.9. The van der Waals surface area contributed by atoms with Crippen molar-refractivity contribution in [3.8, 4) is 0 Å². The Morgan fingerprint density at radius 1 is 1.25 bits per heavy atom. The van der Waals surface area contributed by atoms with E-state index in [0.717, 1.165) is 24.7 Å². The number of carbonyl (C=O) groups excluding carboxylic acids is 1. The predicted molar refractivity (Wildman–Crippen MR) is 76.5 cm³/mol. The van der Waals surface area contributed by atoms with E-state index in [1.54, 1.807) is 13.0 Å². The van der Waals surface area contributed by atoms with Crippen LogP contribution in [0.2, 0.25) is 0 Å². The smallest absolute Gasteiger partial charge is 0.320 e. The van der Waals surface area contributed by atoms with Gasteiger partial charge in [0, 0.05) is 12.1 Å². The molecule has 20 heavy (non-hydrogen) atoms. The number of anilines is 1. The largest absolute Gasteiger partial charge is 0.360 e. The summed E-state index contributed by atoms with van der Waals surface area (Å²) >= 11 is 0. The van der Waals surface area contributed by atoms with Gasteiger partial charge in [0.05, 0.1) is 0 Å². The van der Waals surface area contributed by atoms with Crippen LogP contribution in [0.15, 0.2) is 10.6 Å². The lowest BCUT2D eigenvalue weighted by Gasteiger charge is -2.39. The van der Waals surface area contributed by atoms with Gasteiger partial charge in [0.15, 0.2) is 5.82 Å². The van der Waals surface area contributed by atoms with Crippen molar-refractivity contribution >= 4 is 11.8 Å². The topological polar surface area (TPSA) is 67.2 Å². The summed E-state index contributed by atoms with van der Waals surface area (Å²) in [6.07, 6.45) is 8.99. The van der Waals surface area contributed by atoms with Gasteiger partial charge in [0.25, 0.3) is 0 Å². The normalized spacial score (nSPS) is 29.6. The molecule has 2 amide bonds. The highest BCUT2D eigenvalue weighted by atomic mass is 16.5. The molecule has 0 unspecified atom stereocenters. The van der Waals surface area contributed by atoms with Crippen LogP contribution in [0.25, 0.3) is 0 Å². The minimum Gasteiger partial charge on any atom is -0.360 e. The molecule has 110 valence electrons. The van der Waals surface area contributed by atoms with E-state index in [2.05, 4.69) is 15.8 Å². The Morgan fingerprint density at radius 2 is 2.05 bits per heavy atom. The molecule has 2 N–H and O–H groups in total. The molecule has 0 aliphatic heterocycles. The van der Waals surface area contributed by atoms with Gasteiger partial charge in [-0.15, -0.1) is 0 Å². The molecule has 3 atom stereocenters. The molecule has 0 saturated heterocycles. The number of rotatable bonds is 2. The van der Waals surface area contributed by atoms with E-state index in [-0.39, 0.29) is 6.03 Å². The summed E-state index contributed by atoms with van der Waals surface area (Å²) in [6, 6.07) is 1.86. The molecule has 1 aromatic rings. The average molecular weight is 277 g/mol. The molecule has 2 aliphatic rings. The number of fused-ring (bicyclic) bond motifs is 1. The number of amides is 2. The zero-order chi connectivity index (χ0) is 13.9. The lowest BCUT2D eigenvalue weighted by Crippen LogP contribution is -2.43. The summed E-state index contributed by atoms with van der Waals surface area (Å²) in [5, 5.41) is 9.57. The van der Waals surface area contributed by atoms with E-state index < -0.39 is 0 Å². The Bertz CT molecular complexity index is 471. The summed E-state index contributed by atoms with van der Waals surface area (Å²) in [5.41, 5.74) is 0. The van der Waals surface area contributed by atoms with Crippen molar-refractivity contribution in [1.29, 1.82) is 0 Å². The number of hydrogen-bond donors (Lipinski definition) is 2. The number of nitrogens with zero attached hydrogens (tertiary/aromatic N) is 1. The van der Waals surface area contributed by atoms with Crippen LogP contribution in [0.4, 0.5) is 10.6 Å². The highest BCUT2D eigenvalue weighted by Crippen LogP contribution is 2.40. The molecule has 0 radical (unpaired) electrons. The minimum absolute atomic E-state index is 0.169. The molecule has 0 bridgehead atoms. The maximum Gasteiger partial charge on any atom is 0.320 e. The van der Waals surface area contributed by atoms with Crippen molar-refractivity contribution in [3.05, 3.63) is 11.8 Å². The van der Waals surface area contributed by atoms with E-state index in [0.29, 0.717) is 17.6 Å². The molecule has 5 nitrogen and oxygen atoms in total. The second kappa shape index (κ2) is 5.85. The zero-order valence-corrected chi connectivity index (χ0v) is 12.0. The molecule has 1 heterocycles. The van der Waals surface area contributed by atoms with Crippen molar-refractivity contribution in [2.45, 2.75) is 57.9 Å². The molecular formula is C15H23N3O2. The lowest BCUT2D eigenvalue weighted by molar-refractivity contribution is 0.146. The van der Waals surface area contributed by atoms with Crippen molar-refractivity contribution in [2.75, 3.05) is 5.32 Å². The molecule has 2 aliphatic carbocycles. The summed E-state index contributed by atoms with van der Waals surface area (Å²) in [5.74, 6) is 2.90. The van der Waals surface area contributed by atoms with E-state index >= 15 is 0 Å². The number of urea groups is 1. The molecule has 5 heteroatoms. The Labute approximate surface area is 119 Å². The van der Waals surface area contributed by atoms with Crippen LogP contribution in [0, 0.1) is 18.8 Å². The predicted octanol–water partition coefficient (Wildman–Crippen LogP) is 3.46. The number of aromatic nitrogens is 1. The third-order valence-electron chi connectivity index (χ3n) is 4.74. The number of aryl methyl sites for hydroxylation is 1. The van der Waals surface area contributed by atoms with Crippen molar-refractivity contribution in [3.63, 3.8) is 0 Å². The van der Waals surface area contributed by atoms with Gasteiger partial charge in [-0.2, -0.15) is 0 Å². The second-order valence-corrected chi connectivity index (χ2v) is 6.24. The fourth-order valence-corrected chi connectivity index (χ4v) is 3.77. The van der Waals surface area contributed by atoms with Crippen LogP contribution < -0.4 is 10.6 Å². The van der Waals surface area contributed by atoms with E-state index in [1.807, 2.05) is 0 Å². The SMILES string of the molecule is Cc1cc(NC(=O)N[C@@H]2CC[C@@H]3CCCC[C@H]3C2)no1. The van der Waals surface area contributed by atoms with Crippen molar-refractivity contribution in [1.82, 2.24) is 10.5 Å². The number of nitrogens with one attached hydrogen (secondary N) is 2. The van der Waals surface area contributed by atoms with E-state index in [1.165, 1.54) is 32.1 Å². The van der Waals surface area contributed by atoms with E-state index in [9.17, 15) is 4.79 Å². The van der Waals surface area contributed by atoms with Crippen LogP contribution in [0.3, 0.4) is 0 Å². The van der Waals surface area contributed by atoms with Gasteiger partial charge >= 0.3 is 6.03 Å². The molecule has 3 rings (SSSR count). The van der Waals surface area contributed by atoms with Gasteiger partial charge in [0.2, 0.25) is 0 Å². The average Bonchev–Trinajstić information content (AvgIpc) is 2.83. The first-order valence-corrected chi connectivity index (χ1v) is 7.71. The monoisotopic (exact) mass is 277 g/mol. The Balaban J connectivity index is 1.49.